The minimum Gasteiger partial charge on any atom is -0.389 e. The summed E-state index contributed by atoms with van der Waals surface area (Å²) in [6, 6.07) is 0. The topological polar surface area (TPSA) is 38.9 Å². The lowest BCUT2D eigenvalue weighted by molar-refractivity contribution is -0.00374. The Labute approximate surface area is 119 Å². The van der Waals surface area contributed by atoms with E-state index in [2.05, 4.69) is 6.58 Å². The van der Waals surface area contributed by atoms with Crippen molar-refractivity contribution in [3.8, 4) is 0 Å². The molecule has 4 aliphatic carbocycles. The molecule has 2 nitrogen and oxygen atoms in total. The van der Waals surface area contributed by atoms with Crippen LogP contribution in [0.4, 0.5) is 5.00 Å². The second kappa shape index (κ2) is 4.08. The van der Waals surface area contributed by atoms with Crippen molar-refractivity contribution >= 4 is 21.9 Å². The molecule has 0 saturated heterocycles. The number of hydrogen-bond acceptors (Lipinski definition) is 3. The van der Waals surface area contributed by atoms with Crippen LogP contribution in [0.25, 0.3) is 5.57 Å². The van der Waals surface area contributed by atoms with E-state index in [1.807, 2.05) is 6.92 Å². The second-order valence-electron chi connectivity index (χ2n) is 7.01. The average Bonchev–Trinajstić information content (AvgIpc) is 2.70. The number of thiazole rings is 1. The molecule has 0 atom stereocenters. The summed E-state index contributed by atoms with van der Waals surface area (Å²) >= 11 is 1.63. The van der Waals surface area contributed by atoms with Crippen LogP contribution in [0.2, 0.25) is 0 Å². The van der Waals surface area contributed by atoms with Gasteiger partial charge in [-0.3, -0.25) is 0 Å². The highest BCUT2D eigenvalue weighted by Crippen LogP contribution is 2.60. The van der Waals surface area contributed by atoms with Crippen LogP contribution in [-0.2, 0) is 0 Å². The van der Waals surface area contributed by atoms with Crippen molar-refractivity contribution in [1.29, 1.82) is 0 Å². The van der Waals surface area contributed by atoms with E-state index < -0.39 is 0 Å². The molecule has 5 rings (SSSR count). The lowest BCUT2D eigenvalue weighted by Crippen LogP contribution is -2.44. The number of nitrogens with two attached hydrogens (primary N) is 1. The smallest absolute Gasteiger partial charge is 0.120 e. The molecule has 0 aromatic carbocycles. The van der Waals surface area contributed by atoms with Gasteiger partial charge < -0.3 is 5.73 Å². The molecule has 0 spiro atoms. The van der Waals surface area contributed by atoms with Crippen molar-refractivity contribution in [2.45, 2.75) is 44.9 Å². The van der Waals surface area contributed by atoms with E-state index >= 15 is 0 Å². The van der Waals surface area contributed by atoms with Gasteiger partial charge in [-0.25, -0.2) is 4.98 Å². The monoisotopic (exact) mass is 274 g/mol. The summed E-state index contributed by atoms with van der Waals surface area (Å²) in [4.78, 5) is 4.85. The third kappa shape index (κ3) is 1.78. The van der Waals surface area contributed by atoms with E-state index in [9.17, 15) is 0 Å². The van der Waals surface area contributed by atoms with Crippen LogP contribution in [-0.4, -0.2) is 4.98 Å². The van der Waals surface area contributed by atoms with Gasteiger partial charge in [-0.1, -0.05) is 17.9 Å². The maximum Gasteiger partial charge on any atom is 0.120 e. The average molecular weight is 274 g/mol. The molecule has 0 aliphatic heterocycles. The predicted molar refractivity (Wildman–Crippen MR) is 81.0 cm³/mol. The van der Waals surface area contributed by atoms with E-state index in [4.69, 9.17) is 10.7 Å². The Kier molecular flexibility index (Phi) is 2.57. The summed E-state index contributed by atoms with van der Waals surface area (Å²) in [6.07, 6.45) is 7.21. The summed E-state index contributed by atoms with van der Waals surface area (Å²) in [7, 11) is 0. The molecule has 1 heterocycles. The molecule has 2 N–H and O–H groups in total. The van der Waals surface area contributed by atoms with E-state index in [1.54, 1.807) is 11.3 Å². The Morgan fingerprint density at radius 3 is 2.21 bits per heavy atom. The summed E-state index contributed by atoms with van der Waals surface area (Å²) in [5, 5.41) is 2.00. The summed E-state index contributed by atoms with van der Waals surface area (Å²) in [6.45, 7) is 6.04. The Balaban J connectivity index is 1.71. The van der Waals surface area contributed by atoms with Crippen molar-refractivity contribution in [3.63, 3.8) is 0 Å². The highest BCUT2D eigenvalue weighted by molar-refractivity contribution is 7.16. The van der Waals surface area contributed by atoms with Gasteiger partial charge in [-0.2, -0.15) is 0 Å². The van der Waals surface area contributed by atoms with Gasteiger partial charge in [0.15, 0.2) is 0 Å². The number of rotatable bonds is 2. The zero-order valence-electron chi connectivity index (χ0n) is 11.6. The fourth-order valence-corrected chi connectivity index (χ4v) is 5.95. The van der Waals surface area contributed by atoms with Gasteiger partial charge in [0.05, 0.1) is 5.69 Å². The lowest BCUT2D eigenvalue weighted by Gasteiger charge is -2.54. The molecule has 4 aliphatic rings. The van der Waals surface area contributed by atoms with E-state index in [-0.39, 0.29) is 0 Å². The molecule has 3 heteroatoms. The maximum atomic E-state index is 6.27. The first-order valence-electron chi connectivity index (χ1n) is 7.54. The molecule has 1 aromatic rings. The number of nitrogens with zero attached hydrogens (tertiary/aromatic N) is 1. The van der Waals surface area contributed by atoms with Crippen LogP contribution in [0.15, 0.2) is 6.58 Å². The summed E-state index contributed by atoms with van der Waals surface area (Å²) < 4.78 is 0. The quantitative estimate of drug-likeness (QED) is 0.873. The van der Waals surface area contributed by atoms with Gasteiger partial charge in [0, 0.05) is 5.92 Å². The first-order chi connectivity index (χ1) is 9.11. The Hall–Kier alpha value is -0.830. The van der Waals surface area contributed by atoms with Crippen LogP contribution in [0, 0.1) is 23.7 Å². The first kappa shape index (κ1) is 12.0. The lowest BCUT2D eigenvalue weighted by atomic mass is 9.51. The molecule has 19 heavy (non-hydrogen) atoms. The minimum absolute atomic E-state index is 0.650. The molecule has 0 radical (unpaired) electrons. The number of allylic oxidation sites excluding steroid dienone is 1. The maximum absolute atomic E-state index is 6.27. The highest BCUT2D eigenvalue weighted by atomic mass is 32.1. The molecule has 4 bridgehead atoms. The van der Waals surface area contributed by atoms with E-state index in [0.29, 0.717) is 5.92 Å². The number of nitrogen functional groups attached to an aromatic ring is 1. The molecule has 0 amide bonds. The summed E-state index contributed by atoms with van der Waals surface area (Å²) in [5.41, 5.74) is 8.54. The van der Waals surface area contributed by atoms with Crippen molar-refractivity contribution < 1.29 is 0 Å². The summed E-state index contributed by atoms with van der Waals surface area (Å²) in [5.74, 6) is 4.40. The highest BCUT2D eigenvalue weighted by Gasteiger charge is 2.49. The fourth-order valence-electron chi connectivity index (χ4n) is 5.14. The van der Waals surface area contributed by atoms with Gasteiger partial charge in [0.25, 0.3) is 0 Å². The Morgan fingerprint density at radius 1 is 1.16 bits per heavy atom. The molecule has 0 unspecified atom stereocenters. The van der Waals surface area contributed by atoms with Gasteiger partial charge in [-0.15, -0.1) is 0 Å². The van der Waals surface area contributed by atoms with Crippen LogP contribution < -0.4 is 5.73 Å². The number of anilines is 1. The third-order valence-electron chi connectivity index (χ3n) is 5.59. The predicted octanol–water partition coefficient (Wildman–Crippen LogP) is 4.30. The first-order valence-corrected chi connectivity index (χ1v) is 8.35. The fraction of sp³-hybridized carbons (Fsp3) is 0.688. The van der Waals surface area contributed by atoms with Crippen LogP contribution in [0.5, 0.6) is 0 Å². The van der Waals surface area contributed by atoms with Crippen LogP contribution >= 0.6 is 11.3 Å². The van der Waals surface area contributed by atoms with E-state index in [0.717, 1.165) is 39.3 Å². The minimum atomic E-state index is 0.650. The van der Waals surface area contributed by atoms with Crippen molar-refractivity contribution in [2.24, 2.45) is 23.7 Å². The largest absolute Gasteiger partial charge is 0.389 e. The third-order valence-corrected chi connectivity index (χ3v) is 6.65. The SMILES string of the molecule is C=C(C)c1nc(C2C3CC4CC(C3)CC2C4)c(N)s1. The molecular weight excluding hydrogens is 252 g/mol. The Bertz CT molecular complexity index is 503. The van der Waals surface area contributed by atoms with Crippen molar-refractivity contribution in [3.05, 3.63) is 17.3 Å². The molecule has 1 aromatic heterocycles. The van der Waals surface area contributed by atoms with Gasteiger partial charge in [-0.05, 0) is 68.3 Å². The van der Waals surface area contributed by atoms with Gasteiger partial charge in [0.1, 0.15) is 10.0 Å². The number of aromatic nitrogens is 1. The van der Waals surface area contributed by atoms with Crippen molar-refractivity contribution in [2.75, 3.05) is 5.73 Å². The zero-order valence-corrected chi connectivity index (χ0v) is 12.4. The molecular formula is C16H22N2S. The van der Waals surface area contributed by atoms with E-state index in [1.165, 1.54) is 37.8 Å². The zero-order chi connectivity index (χ0) is 13.1. The number of hydrogen-bond donors (Lipinski definition) is 1. The molecule has 4 saturated carbocycles. The second-order valence-corrected chi connectivity index (χ2v) is 8.04. The Morgan fingerprint density at radius 2 is 1.74 bits per heavy atom. The normalized spacial score (nSPS) is 39.7. The van der Waals surface area contributed by atoms with Crippen LogP contribution in [0.1, 0.15) is 55.6 Å². The van der Waals surface area contributed by atoms with Crippen LogP contribution in [0.3, 0.4) is 0 Å². The van der Waals surface area contributed by atoms with Gasteiger partial charge in [0.2, 0.25) is 0 Å². The molecule has 102 valence electrons. The standard InChI is InChI=1S/C16H22N2S/c1-8(2)16-18-14(15(17)19-16)13-11-4-9-3-10(6-11)7-12(13)5-9/h9-13H,1,3-7,17H2,2H3. The molecule has 4 fully saturated rings. The van der Waals surface area contributed by atoms with Gasteiger partial charge >= 0.3 is 0 Å². The van der Waals surface area contributed by atoms with Crippen molar-refractivity contribution in [1.82, 2.24) is 4.98 Å².